The third-order valence-electron chi connectivity index (χ3n) is 9.84. The SMILES string of the molecule is [C-]#[N+]c1ccc2c(c1)C(c1ccccc1)(c1ccccc1)c1cccc(-c3ccc(-c4nc(-c5ccccc5)nc(-c5ccccc5)n4)cc3)c1-2. The van der Waals surface area contributed by atoms with E-state index in [4.69, 9.17) is 21.5 Å². The molecule has 0 aliphatic heterocycles. The molecule has 4 heteroatoms. The first-order valence-electron chi connectivity index (χ1n) is 17.0. The number of nitrogens with zero attached hydrogens (tertiary/aromatic N) is 4. The van der Waals surface area contributed by atoms with Crippen LogP contribution in [0.5, 0.6) is 0 Å². The second kappa shape index (κ2) is 12.5. The van der Waals surface area contributed by atoms with E-state index in [1.165, 1.54) is 22.3 Å². The van der Waals surface area contributed by atoms with E-state index >= 15 is 0 Å². The highest BCUT2D eigenvalue weighted by molar-refractivity contribution is 5.96. The Morgan fingerprint density at radius 3 is 1.37 bits per heavy atom. The minimum absolute atomic E-state index is 0.587. The number of rotatable bonds is 6. The maximum absolute atomic E-state index is 7.91. The van der Waals surface area contributed by atoms with Crippen LogP contribution in [0.3, 0.4) is 0 Å². The van der Waals surface area contributed by atoms with Crippen LogP contribution in [0.4, 0.5) is 5.69 Å². The van der Waals surface area contributed by atoms with Crippen molar-refractivity contribution < 1.29 is 0 Å². The average Bonchev–Trinajstić information content (AvgIpc) is 3.52. The van der Waals surface area contributed by atoms with Gasteiger partial charge in [0.25, 0.3) is 0 Å². The highest BCUT2D eigenvalue weighted by Gasteiger charge is 2.46. The molecule has 4 nitrogen and oxygen atoms in total. The van der Waals surface area contributed by atoms with Gasteiger partial charge in [0.2, 0.25) is 0 Å². The summed E-state index contributed by atoms with van der Waals surface area (Å²) in [5.74, 6) is 1.90. The quantitative estimate of drug-likeness (QED) is 0.168. The van der Waals surface area contributed by atoms with Crippen molar-refractivity contribution in [1.82, 2.24) is 15.0 Å². The van der Waals surface area contributed by atoms with Gasteiger partial charge in [0, 0.05) is 16.7 Å². The minimum Gasteiger partial charge on any atom is -0.238 e. The Morgan fingerprint density at radius 1 is 0.392 bits per heavy atom. The maximum Gasteiger partial charge on any atom is 0.187 e. The molecule has 0 unspecified atom stereocenters. The molecule has 0 saturated carbocycles. The molecular formula is C47H30N4. The van der Waals surface area contributed by atoms with Crippen molar-refractivity contribution in [3.8, 4) is 56.4 Å². The lowest BCUT2D eigenvalue weighted by atomic mass is 9.67. The first kappa shape index (κ1) is 30.1. The topological polar surface area (TPSA) is 43.0 Å². The first-order valence-corrected chi connectivity index (χ1v) is 17.0. The van der Waals surface area contributed by atoms with Gasteiger partial charge in [-0.05, 0) is 44.5 Å². The van der Waals surface area contributed by atoms with Crippen LogP contribution in [-0.4, -0.2) is 15.0 Å². The maximum atomic E-state index is 7.91. The predicted octanol–water partition coefficient (Wildman–Crippen LogP) is 11.5. The van der Waals surface area contributed by atoms with Gasteiger partial charge in [0.1, 0.15) is 0 Å². The van der Waals surface area contributed by atoms with Crippen molar-refractivity contribution >= 4 is 5.69 Å². The Balaban J connectivity index is 1.22. The van der Waals surface area contributed by atoms with Gasteiger partial charge in [-0.25, -0.2) is 19.8 Å². The Labute approximate surface area is 297 Å². The van der Waals surface area contributed by atoms with Crippen molar-refractivity contribution in [1.29, 1.82) is 0 Å². The van der Waals surface area contributed by atoms with Gasteiger partial charge in [-0.15, -0.1) is 0 Å². The summed E-state index contributed by atoms with van der Waals surface area (Å²) in [4.78, 5) is 18.6. The van der Waals surface area contributed by atoms with Crippen LogP contribution < -0.4 is 0 Å². The van der Waals surface area contributed by atoms with E-state index in [1.807, 2.05) is 66.7 Å². The summed E-state index contributed by atoms with van der Waals surface area (Å²) >= 11 is 0. The van der Waals surface area contributed by atoms with E-state index in [0.29, 0.717) is 23.2 Å². The first-order chi connectivity index (χ1) is 25.2. The number of hydrogen-bond acceptors (Lipinski definition) is 3. The lowest BCUT2D eigenvalue weighted by Crippen LogP contribution is -2.28. The van der Waals surface area contributed by atoms with Gasteiger partial charge in [0.05, 0.1) is 12.0 Å². The van der Waals surface area contributed by atoms with Gasteiger partial charge < -0.3 is 0 Å². The van der Waals surface area contributed by atoms with Crippen molar-refractivity contribution in [3.63, 3.8) is 0 Å². The Hall–Kier alpha value is -6.96. The molecule has 1 aliphatic carbocycles. The minimum atomic E-state index is -0.587. The fourth-order valence-electron chi connectivity index (χ4n) is 7.57. The summed E-state index contributed by atoms with van der Waals surface area (Å²) in [5.41, 5.74) is 12.1. The summed E-state index contributed by atoms with van der Waals surface area (Å²) in [6, 6.07) is 62.8. The zero-order valence-electron chi connectivity index (χ0n) is 27.6. The molecule has 8 aromatic rings. The molecule has 0 radical (unpaired) electrons. The number of aromatic nitrogens is 3. The van der Waals surface area contributed by atoms with Crippen LogP contribution in [-0.2, 0) is 5.41 Å². The monoisotopic (exact) mass is 650 g/mol. The molecule has 9 rings (SSSR count). The molecule has 238 valence electrons. The molecule has 7 aromatic carbocycles. The van der Waals surface area contributed by atoms with Crippen LogP contribution in [0.15, 0.2) is 182 Å². The second-order valence-corrected chi connectivity index (χ2v) is 12.7. The third kappa shape index (κ3) is 5.03. The molecular weight excluding hydrogens is 621 g/mol. The van der Waals surface area contributed by atoms with Crippen molar-refractivity contribution in [2.45, 2.75) is 5.41 Å². The fourth-order valence-corrected chi connectivity index (χ4v) is 7.57. The standard InChI is InChI=1S/C47H30N4/c1-48-38-29-30-40-42(31-38)47(36-19-10-4-11-20-36,37-21-12-5-13-22-37)41-24-14-23-39(43(40)41)32-25-27-35(28-26-32)46-50-44(33-15-6-2-7-16-33)49-45(51-46)34-17-8-3-9-18-34/h2-31H. The molecule has 0 N–H and O–H groups in total. The molecule has 0 fully saturated rings. The summed E-state index contributed by atoms with van der Waals surface area (Å²) in [5, 5.41) is 0. The molecule has 1 heterocycles. The lowest BCUT2D eigenvalue weighted by molar-refractivity contribution is 0.769. The van der Waals surface area contributed by atoms with Crippen LogP contribution >= 0.6 is 0 Å². The van der Waals surface area contributed by atoms with Crippen LogP contribution in [0.2, 0.25) is 0 Å². The van der Waals surface area contributed by atoms with E-state index in [2.05, 4.69) is 120 Å². The molecule has 1 aromatic heterocycles. The third-order valence-corrected chi connectivity index (χ3v) is 9.84. The van der Waals surface area contributed by atoms with E-state index in [1.54, 1.807) is 0 Å². The molecule has 0 saturated heterocycles. The second-order valence-electron chi connectivity index (χ2n) is 12.7. The Morgan fingerprint density at radius 2 is 0.863 bits per heavy atom. The van der Waals surface area contributed by atoms with E-state index in [9.17, 15) is 0 Å². The Bertz CT molecular complexity index is 2460. The number of hydrogen-bond donors (Lipinski definition) is 0. The van der Waals surface area contributed by atoms with Crippen LogP contribution in [0.1, 0.15) is 22.3 Å². The average molecular weight is 651 g/mol. The van der Waals surface area contributed by atoms with Gasteiger partial charge in [0.15, 0.2) is 23.2 Å². The van der Waals surface area contributed by atoms with Crippen molar-refractivity contribution in [2.24, 2.45) is 0 Å². The smallest absolute Gasteiger partial charge is 0.187 e. The molecule has 0 atom stereocenters. The summed E-state index contributed by atoms with van der Waals surface area (Å²) in [6.07, 6.45) is 0. The van der Waals surface area contributed by atoms with Crippen molar-refractivity contribution in [2.75, 3.05) is 0 Å². The molecule has 0 bridgehead atoms. The molecule has 1 aliphatic rings. The van der Waals surface area contributed by atoms with Gasteiger partial charge >= 0.3 is 0 Å². The zero-order chi connectivity index (χ0) is 34.2. The fraction of sp³-hybridized carbons (Fsp3) is 0.0213. The van der Waals surface area contributed by atoms with E-state index < -0.39 is 5.41 Å². The summed E-state index contributed by atoms with van der Waals surface area (Å²) in [6.45, 7) is 7.91. The van der Waals surface area contributed by atoms with E-state index in [-0.39, 0.29) is 0 Å². The number of fused-ring (bicyclic) bond motifs is 3. The number of benzene rings is 7. The van der Waals surface area contributed by atoms with E-state index in [0.717, 1.165) is 38.9 Å². The summed E-state index contributed by atoms with van der Waals surface area (Å²) < 4.78 is 0. The molecule has 51 heavy (non-hydrogen) atoms. The highest BCUT2D eigenvalue weighted by Crippen LogP contribution is 2.58. The van der Waals surface area contributed by atoms with Crippen LogP contribution in [0.25, 0.3) is 61.3 Å². The lowest BCUT2D eigenvalue weighted by Gasteiger charge is -2.34. The largest absolute Gasteiger partial charge is 0.238 e. The van der Waals surface area contributed by atoms with Gasteiger partial charge in [-0.2, -0.15) is 0 Å². The normalized spacial score (nSPS) is 12.5. The highest BCUT2D eigenvalue weighted by atomic mass is 15.0. The Kier molecular flexibility index (Phi) is 7.38. The van der Waals surface area contributed by atoms with Gasteiger partial charge in [-0.3, -0.25) is 0 Å². The zero-order valence-corrected chi connectivity index (χ0v) is 27.6. The van der Waals surface area contributed by atoms with Crippen molar-refractivity contribution in [3.05, 3.63) is 216 Å². The molecule has 0 amide bonds. The van der Waals surface area contributed by atoms with Gasteiger partial charge in [-0.1, -0.05) is 182 Å². The van der Waals surface area contributed by atoms with Crippen LogP contribution in [0, 0.1) is 6.57 Å². The summed E-state index contributed by atoms with van der Waals surface area (Å²) in [7, 11) is 0. The predicted molar refractivity (Wildman–Crippen MR) is 205 cm³/mol. The molecule has 0 spiro atoms.